The first-order valence-electron chi connectivity index (χ1n) is 20.0. The first-order valence-corrected chi connectivity index (χ1v) is 20.0. The molecule has 0 fully saturated rings. The normalized spacial score (nSPS) is 12.9. The summed E-state index contributed by atoms with van der Waals surface area (Å²) >= 11 is 0. The third-order valence-corrected chi connectivity index (χ3v) is 11.6. The lowest BCUT2D eigenvalue weighted by Crippen LogP contribution is -2.01. The Morgan fingerprint density at radius 2 is 1.00 bits per heavy atom. The number of hydrogen-bond donors (Lipinski definition) is 0. The van der Waals surface area contributed by atoms with E-state index >= 15 is 0 Å². The van der Waals surface area contributed by atoms with E-state index in [1.165, 1.54) is 65.4 Å². The summed E-state index contributed by atoms with van der Waals surface area (Å²) in [4.78, 5) is 15.3. The van der Waals surface area contributed by atoms with Crippen molar-refractivity contribution in [2.75, 3.05) is 0 Å². The van der Waals surface area contributed by atoms with Crippen molar-refractivity contribution in [3.8, 4) is 44.9 Å². The van der Waals surface area contributed by atoms with Crippen LogP contribution in [0.25, 0.3) is 99.1 Å². The number of rotatable bonds is 6. The molecule has 0 saturated heterocycles. The Morgan fingerprint density at radius 3 is 1.72 bits per heavy atom. The zero-order chi connectivity index (χ0) is 38.4. The van der Waals surface area contributed by atoms with E-state index in [9.17, 15) is 0 Å². The van der Waals surface area contributed by atoms with Crippen molar-refractivity contribution >= 4 is 54.2 Å². The van der Waals surface area contributed by atoms with E-state index < -0.39 is 0 Å². The highest BCUT2D eigenvalue weighted by Gasteiger charge is 2.20. The molecule has 0 amide bonds. The van der Waals surface area contributed by atoms with E-state index in [0.717, 1.165) is 52.1 Å². The maximum atomic E-state index is 5.45. The summed E-state index contributed by atoms with van der Waals surface area (Å²) in [6.45, 7) is 0. The van der Waals surface area contributed by atoms with Gasteiger partial charge in [-0.3, -0.25) is 4.98 Å². The molecule has 0 N–H and O–H groups in total. The van der Waals surface area contributed by atoms with Gasteiger partial charge >= 0.3 is 0 Å². The molecule has 8 aromatic carbocycles. The second-order valence-corrected chi connectivity index (χ2v) is 15.1. The average Bonchev–Trinajstić information content (AvgIpc) is 3.31. The van der Waals surface area contributed by atoms with Gasteiger partial charge in [-0.05, 0) is 125 Å². The Balaban J connectivity index is 1.14. The van der Waals surface area contributed by atoms with Crippen LogP contribution in [0, 0.1) is 0 Å². The van der Waals surface area contributed by atoms with Crippen LogP contribution in [-0.2, 0) is 0 Å². The van der Waals surface area contributed by atoms with Crippen molar-refractivity contribution in [3.63, 3.8) is 0 Å². The molecule has 0 spiro atoms. The minimum Gasteiger partial charge on any atom is -0.264 e. The van der Waals surface area contributed by atoms with Crippen molar-refractivity contribution in [2.24, 2.45) is 0 Å². The van der Waals surface area contributed by atoms with Crippen LogP contribution in [0.4, 0.5) is 0 Å². The fourth-order valence-electron chi connectivity index (χ4n) is 8.96. The van der Waals surface area contributed by atoms with Crippen LogP contribution in [0.3, 0.4) is 0 Å². The van der Waals surface area contributed by atoms with Gasteiger partial charge < -0.3 is 0 Å². The van der Waals surface area contributed by atoms with Crippen molar-refractivity contribution in [1.29, 1.82) is 0 Å². The molecule has 2 aromatic heterocycles. The summed E-state index contributed by atoms with van der Waals surface area (Å²) in [5, 5.41) is 9.72. The third kappa shape index (κ3) is 5.88. The highest BCUT2D eigenvalue weighted by Crippen LogP contribution is 2.44. The lowest BCUT2D eigenvalue weighted by molar-refractivity contribution is 1.05. The van der Waals surface area contributed by atoms with E-state index in [1.807, 2.05) is 18.5 Å². The zero-order valence-electron chi connectivity index (χ0n) is 31.8. The first kappa shape index (κ1) is 33.8. The van der Waals surface area contributed by atoms with Gasteiger partial charge in [-0.1, -0.05) is 158 Å². The number of aromatic nitrogens is 3. The van der Waals surface area contributed by atoms with Gasteiger partial charge in [0, 0.05) is 23.5 Å². The quantitative estimate of drug-likeness (QED) is 0.126. The first-order chi connectivity index (χ1) is 28.8. The van der Waals surface area contributed by atoms with Crippen LogP contribution in [0.2, 0.25) is 0 Å². The predicted octanol–water partition coefficient (Wildman–Crippen LogP) is 14.4. The molecule has 11 rings (SSSR count). The van der Waals surface area contributed by atoms with E-state index in [0.29, 0.717) is 5.82 Å². The molecule has 0 bridgehead atoms. The van der Waals surface area contributed by atoms with Crippen molar-refractivity contribution < 1.29 is 0 Å². The Morgan fingerprint density at radius 1 is 0.414 bits per heavy atom. The van der Waals surface area contributed by atoms with Crippen LogP contribution in [0.5, 0.6) is 0 Å². The minimum absolute atomic E-state index is 0.698. The summed E-state index contributed by atoms with van der Waals surface area (Å²) in [6.07, 6.45) is 10.3. The molecule has 0 radical (unpaired) electrons. The van der Waals surface area contributed by atoms with Crippen molar-refractivity contribution in [3.05, 3.63) is 212 Å². The van der Waals surface area contributed by atoms with Gasteiger partial charge in [-0.2, -0.15) is 0 Å². The fraction of sp³-hybridized carbons (Fsp3) is 0.0364. The number of nitrogens with zero attached hydrogens (tertiary/aromatic N) is 3. The molecule has 0 aliphatic heterocycles. The van der Waals surface area contributed by atoms with Gasteiger partial charge in [0.1, 0.15) is 0 Å². The summed E-state index contributed by atoms with van der Waals surface area (Å²) in [6, 6.07) is 63.2. The molecule has 1 aliphatic rings. The number of allylic oxidation sites excluding steroid dienone is 4. The molecular weight excluding hydrogens is 703 g/mol. The molecule has 10 aromatic rings. The number of hydrogen-bond acceptors (Lipinski definition) is 3. The summed E-state index contributed by atoms with van der Waals surface area (Å²) in [5.41, 5.74) is 12.2. The van der Waals surface area contributed by atoms with Crippen LogP contribution in [0.15, 0.2) is 200 Å². The van der Waals surface area contributed by atoms with Crippen LogP contribution < -0.4 is 0 Å². The molecule has 0 unspecified atom stereocenters. The molecule has 58 heavy (non-hydrogen) atoms. The average molecular weight is 740 g/mol. The Bertz CT molecular complexity index is 3210. The van der Waals surface area contributed by atoms with E-state index in [4.69, 9.17) is 9.97 Å². The topological polar surface area (TPSA) is 38.7 Å². The van der Waals surface area contributed by atoms with E-state index in [-0.39, 0.29) is 0 Å². The smallest absolute Gasteiger partial charge is 0.160 e. The Hall–Kier alpha value is -7.49. The monoisotopic (exact) mass is 739 g/mol. The van der Waals surface area contributed by atoms with Crippen molar-refractivity contribution in [2.45, 2.75) is 12.8 Å². The minimum atomic E-state index is 0.698. The molecule has 0 atom stereocenters. The Labute approximate surface area is 337 Å². The molecule has 1 aliphatic carbocycles. The maximum absolute atomic E-state index is 5.45. The molecular formula is C55H37N3. The van der Waals surface area contributed by atoms with Gasteiger partial charge in [0.15, 0.2) is 5.82 Å². The number of fused-ring (bicyclic) bond motifs is 5. The maximum Gasteiger partial charge on any atom is 0.160 e. The number of pyridine rings is 1. The lowest BCUT2D eigenvalue weighted by atomic mass is 9.85. The zero-order valence-corrected chi connectivity index (χ0v) is 31.8. The molecule has 2 heterocycles. The third-order valence-electron chi connectivity index (χ3n) is 11.6. The van der Waals surface area contributed by atoms with Gasteiger partial charge in [0.05, 0.1) is 11.4 Å². The summed E-state index contributed by atoms with van der Waals surface area (Å²) in [7, 11) is 0. The SMILES string of the molecule is C1=C(c2cccnc2)CCC=C1c1cc(-c2cc3ccccc3c3ccccc23)nc(-c2cccc(-c3c4ccccc4c(-c4ccccc4)c4ccccc34)c2)n1. The molecule has 3 heteroatoms. The van der Waals surface area contributed by atoms with Crippen LogP contribution >= 0.6 is 0 Å². The molecule has 272 valence electrons. The summed E-state index contributed by atoms with van der Waals surface area (Å²) < 4.78 is 0. The Kier molecular flexibility index (Phi) is 8.29. The van der Waals surface area contributed by atoms with E-state index in [2.05, 4.69) is 187 Å². The van der Waals surface area contributed by atoms with Crippen LogP contribution in [0.1, 0.15) is 24.1 Å². The highest BCUT2D eigenvalue weighted by atomic mass is 14.9. The van der Waals surface area contributed by atoms with Gasteiger partial charge in [-0.25, -0.2) is 9.97 Å². The second-order valence-electron chi connectivity index (χ2n) is 15.1. The van der Waals surface area contributed by atoms with Gasteiger partial charge in [-0.15, -0.1) is 0 Å². The second kappa shape index (κ2) is 14.2. The van der Waals surface area contributed by atoms with E-state index in [1.54, 1.807) is 0 Å². The molecule has 3 nitrogen and oxygen atoms in total. The predicted molar refractivity (Wildman–Crippen MR) is 243 cm³/mol. The fourth-order valence-corrected chi connectivity index (χ4v) is 8.96. The molecule has 0 saturated carbocycles. The largest absolute Gasteiger partial charge is 0.264 e. The summed E-state index contributed by atoms with van der Waals surface area (Å²) in [5.74, 6) is 0.698. The highest BCUT2D eigenvalue weighted by molar-refractivity contribution is 6.21. The van der Waals surface area contributed by atoms with Crippen molar-refractivity contribution in [1.82, 2.24) is 15.0 Å². The van der Waals surface area contributed by atoms with Crippen LogP contribution in [-0.4, -0.2) is 15.0 Å². The lowest BCUT2D eigenvalue weighted by Gasteiger charge is -2.18. The number of benzene rings is 8. The van der Waals surface area contributed by atoms with Gasteiger partial charge in [0.2, 0.25) is 0 Å². The van der Waals surface area contributed by atoms with Gasteiger partial charge in [0.25, 0.3) is 0 Å². The standard InChI is InChI=1S/C55H37N3/c1-2-15-36(16-3-1)53-46-26-8-10-28-48(46)54(49-29-11-9-27-47(49)53)40-20-13-21-41(32-40)55-57-51(39-19-12-18-37(31-39)42-22-14-30-56-35-42)34-52(58-55)50-33-38-17-4-5-23-43(38)44-24-6-7-25-45(44)50/h1-11,13-17,19-35H,12,18H2.